The van der Waals surface area contributed by atoms with Gasteiger partial charge in [-0.05, 0) is 47.5 Å². The van der Waals surface area contributed by atoms with Gasteiger partial charge in [-0.15, -0.1) is 10.2 Å². The molecule has 1 aromatic carbocycles. The van der Waals surface area contributed by atoms with Gasteiger partial charge in [-0.3, -0.25) is 4.40 Å². The van der Waals surface area contributed by atoms with Crippen LogP contribution in [-0.2, 0) is 0 Å². The van der Waals surface area contributed by atoms with Crippen LogP contribution < -0.4 is 5.73 Å². The second kappa shape index (κ2) is 4.44. The average molecular weight is 315 g/mol. The van der Waals surface area contributed by atoms with Crippen molar-refractivity contribution in [1.82, 2.24) is 14.6 Å². The number of hydrogen-bond donors (Lipinski definition) is 1. The van der Waals surface area contributed by atoms with Crippen molar-refractivity contribution in [3.05, 3.63) is 45.9 Å². The number of pyridine rings is 1. The van der Waals surface area contributed by atoms with Crippen LogP contribution in [0, 0.1) is 6.92 Å². The van der Waals surface area contributed by atoms with Gasteiger partial charge in [0.25, 0.3) is 0 Å². The molecular formula is C15H11ClN4S. The standard InChI is InChI=1S/C15H11ClN4S/c1-8-18-19-15-14(17)13(9-4-5-21-7-9)11-6-10(16)2-3-12(11)20(8)15/h2-7H,17H2,1H3. The predicted molar refractivity (Wildman–Crippen MR) is 88.0 cm³/mol. The molecule has 0 saturated carbocycles. The average Bonchev–Trinajstić information content (AvgIpc) is 3.09. The van der Waals surface area contributed by atoms with E-state index in [0.29, 0.717) is 16.4 Å². The van der Waals surface area contributed by atoms with Crippen molar-refractivity contribution in [2.24, 2.45) is 0 Å². The summed E-state index contributed by atoms with van der Waals surface area (Å²) in [6, 6.07) is 7.85. The van der Waals surface area contributed by atoms with Gasteiger partial charge in [0.15, 0.2) is 5.65 Å². The lowest BCUT2D eigenvalue weighted by Gasteiger charge is -2.12. The lowest BCUT2D eigenvalue weighted by atomic mass is 10.0. The summed E-state index contributed by atoms with van der Waals surface area (Å²) in [5, 5.41) is 14.2. The van der Waals surface area contributed by atoms with Crippen molar-refractivity contribution in [2.75, 3.05) is 5.73 Å². The number of nitrogen functional groups attached to an aromatic ring is 1. The van der Waals surface area contributed by atoms with E-state index in [4.69, 9.17) is 17.3 Å². The number of rotatable bonds is 1. The molecule has 2 N–H and O–H groups in total. The molecule has 4 aromatic rings. The molecule has 6 heteroatoms. The van der Waals surface area contributed by atoms with E-state index in [1.165, 1.54) is 0 Å². The molecule has 4 nitrogen and oxygen atoms in total. The lowest BCUT2D eigenvalue weighted by molar-refractivity contribution is 1.02. The topological polar surface area (TPSA) is 56.2 Å². The van der Waals surface area contributed by atoms with E-state index in [-0.39, 0.29) is 0 Å². The number of nitrogens with two attached hydrogens (primary N) is 1. The Hall–Kier alpha value is -2.11. The number of aromatic nitrogens is 3. The Bertz CT molecular complexity index is 973. The summed E-state index contributed by atoms with van der Waals surface area (Å²) in [5.41, 5.74) is 10.7. The summed E-state index contributed by atoms with van der Waals surface area (Å²) in [6.07, 6.45) is 0. The SMILES string of the molecule is Cc1nnc2c(N)c(-c3ccsc3)c3cc(Cl)ccc3n12. The Morgan fingerprint density at radius 3 is 2.86 bits per heavy atom. The first-order valence-corrected chi connectivity index (χ1v) is 7.74. The minimum absolute atomic E-state index is 0.628. The molecule has 3 heterocycles. The molecule has 0 saturated heterocycles. The van der Waals surface area contributed by atoms with Gasteiger partial charge in [0, 0.05) is 16.0 Å². The fourth-order valence-electron chi connectivity index (χ4n) is 2.70. The van der Waals surface area contributed by atoms with Gasteiger partial charge in [-0.2, -0.15) is 11.3 Å². The van der Waals surface area contributed by atoms with Crippen molar-refractivity contribution in [3.63, 3.8) is 0 Å². The number of benzene rings is 1. The summed E-state index contributed by atoms with van der Waals surface area (Å²) >= 11 is 7.83. The predicted octanol–water partition coefficient (Wildman–Crippen LogP) is 4.16. The molecule has 0 fully saturated rings. The number of thiophene rings is 1. The summed E-state index contributed by atoms with van der Waals surface area (Å²) in [5.74, 6) is 0.806. The highest BCUT2D eigenvalue weighted by Crippen LogP contribution is 2.38. The van der Waals surface area contributed by atoms with Crippen molar-refractivity contribution < 1.29 is 0 Å². The van der Waals surface area contributed by atoms with E-state index in [9.17, 15) is 0 Å². The van der Waals surface area contributed by atoms with Crippen LogP contribution in [0.5, 0.6) is 0 Å². The highest BCUT2D eigenvalue weighted by Gasteiger charge is 2.17. The molecule has 0 amide bonds. The first-order chi connectivity index (χ1) is 10.2. The monoisotopic (exact) mass is 314 g/mol. The zero-order valence-corrected chi connectivity index (χ0v) is 12.7. The van der Waals surface area contributed by atoms with Crippen molar-refractivity contribution in [2.45, 2.75) is 6.92 Å². The summed E-state index contributed by atoms with van der Waals surface area (Å²) in [6.45, 7) is 1.91. The number of hydrogen-bond acceptors (Lipinski definition) is 4. The normalized spacial score (nSPS) is 11.5. The molecule has 0 aliphatic carbocycles. The summed E-state index contributed by atoms with van der Waals surface area (Å²) < 4.78 is 1.97. The van der Waals surface area contributed by atoms with Crippen LogP contribution in [0.4, 0.5) is 5.69 Å². The largest absolute Gasteiger partial charge is 0.395 e. The Labute approximate surface area is 129 Å². The van der Waals surface area contributed by atoms with E-state index in [0.717, 1.165) is 27.9 Å². The maximum absolute atomic E-state index is 6.38. The molecule has 0 aliphatic heterocycles. The van der Waals surface area contributed by atoms with E-state index in [1.54, 1.807) is 11.3 Å². The minimum Gasteiger partial charge on any atom is -0.395 e. The number of fused-ring (bicyclic) bond motifs is 3. The summed E-state index contributed by atoms with van der Waals surface area (Å²) in [4.78, 5) is 0. The molecule has 0 bridgehead atoms. The van der Waals surface area contributed by atoms with Crippen LogP contribution in [0.3, 0.4) is 0 Å². The van der Waals surface area contributed by atoms with Gasteiger partial charge < -0.3 is 5.73 Å². The van der Waals surface area contributed by atoms with Crippen LogP contribution >= 0.6 is 22.9 Å². The Kier molecular flexibility index (Phi) is 2.67. The molecule has 4 rings (SSSR count). The van der Waals surface area contributed by atoms with Gasteiger partial charge in [0.1, 0.15) is 5.82 Å². The summed E-state index contributed by atoms with van der Waals surface area (Å²) in [7, 11) is 0. The van der Waals surface area contributed by atoms with E-state index < -0.39 is 0 Å². The Morgan fingerprint density at radius 1 is 1.24 bits per heavy atom. The quantitative estimate of drug-likeness (QED) is 0.574. The first-order valence-electron chi connectivity index (χ1n) is 6.42. The van der Waals surface area contributed by atoms with Gasteiger partial charge in [-0.1, -0.05) is 11.6 Å². The van der Waals surface area contributed by atoms with E-state index in [1.807, 2.05) is 34.9 Å². The number of aryl methyl sites for hydroxylation is 1. The Balaban J connectivity index is 2.30. The van der Waals surface area contributed by atoms with Gasteiger partial charge in [-0.25, -0.2) is 0 Å². The molecule has 104 valence electrons. The molecule has 0 spiro atoms. The third-order valence-corrected chi connectivity index (χ3v) is 4.53. The number of nitrogens with zero attached hydrogens (tertiary/aromatic N) is 3. The molecule has 0 unspecified atom stereocenters. The fraction of sp³-hybridized carbons (Fsp3) is 0.0667. The van der Waals surface area contributed by atoms with Crippen molar-refractivity contribution in [3.8, 4) is 11.1 Å². The van der Waals surface area contributed by atoms with Crippen LogP contribution in [0.1, 0.15) is 5.82 Å². The molecular weight excluding hydrogens is 304 g/mol. The molecule has 0 aliphatic rings. The molecule has 0 radical (unpaired) electrons. The van der Waals surface area contributed by atoms with Crippen molar-refractivity contribution in [1.29, 1.82) is 0 Å². The lowest BCUT2D eigenvalue weighted by Crippen LogP contribution is -2.00. The van der Waals surface area contributed by atoms with Crippen LogP contribution in [0.2, 0.25) is 5.02 Å². The van der Waals surface area contributed by atoms with E-state index >= 15 is 0 Å². The second-order valence-electron chi connectivity index (χ2n) is 4.87. The highest BCUT2D eigenvalue weighted by molar-refractivity contribution is 7.08. The minimum atomic E-state index is 0.628. The van der Waals surface area contributed by atoms with Gasteiger partial charge >= 0.3 is 0 Å². The Morgan fingerprint density at radius 2 is 2.10 bits per heavy atom. The maximum atomic E-state index is 6.38. The zero-order valence-electron chi connectivity index (χ0n) is 11.2. The number of halogens is 1. The smallest absolute Gasteiger partial charge is 0.185 e. The van der Waals surface area contributed by atoms with Gasteiger partial charge in [0.2, 0.25) is 0 Å². The third kappa shape index (κ3) is 1.74. The van der Waals surface area contributed by atoms with Crippen LogP contribution in [0.25, 0.3) is 27.7 Å². The number of anilines is 1. The van der Waals surface area contributed by atoms with Crippen LogP contribution in [-0.4, -0.2) is 14.6 Å². The second-order valence-corrected chi connectivity index (χ2v) is 6.08. The van der Waals surface area contributed by atoms with E-state index in [2.05, 4.69) is 21.6 Å². The highest BCUT2D eigenvalue weighted by atomic mass is 35.5. The zero-order chi connectivity index (χ0) is 14.6. The molecule has 21 heavy (non-hydrogen) atoms. The molecule has 3 aromatic heterocycles. The van der Waals surface area contributed by atoms with Crippen LogP contribution in [0.15, 0.2) is 35.0 Å². The van der Waals surface area contributed by atoms with Gasteiger partial charge in [0.05, 0.1) is 11.2 Å². The van der Waals surface area contributed by atoms with Crippen molar-refractivity contribution >= 4 is 45.2 Å². The first kappa shape index (κ1) is 12.6. The third-order valence-electron chi connectivity index (χ3n) is 3.61. The molecule has 0 atom stereocenters. The fourth-order valence-corrected chi connectivity index (χ4v) is 3.52. The maximum Gasteiger partial charge on any atom is 0.185 e.